The Morgan fingerprint density at radius 2 is 2.12 bits per heavy atom. The lowest BCUT2D eigenvalue weighted by Crippen LogP contribution is -2.23. The first kappa shape index (κ1) is 17.9. The summed E-state index contributed by atoms with van der Waals surface area (Å²) in [7, 11) is 1.61. The van der Waals surface area contributed by atoms with Gasteiger partial charge in [0.2, 0.25) is 0 Å². The lowest BCUT2D eigenvalue weighted by atomic mass is 10.2. The number of hydrogen-bond donors (Lipinski definition) is 1. The second kappa shape index (κ2) is 8.44. The fraction of sp³-hybridized carbons (Fsp3) is 0.211. The molecule has 1 amide bonds. The molecule has 0 fully saturated rings. The number of carbonyl (C=O) groups is 1. The number of methoxy groups -OCH3 is 1. The predicted octanol–water partition coefficient (Wildman–Crippen LogP) is 3.36. The highest BCUT2D eigenvalue weighted by molar-refractivity contribution is 7.09. The minimum Gasteiger partial charge on any atom is -0.493 e. The van der Waals surface area contributed by atoms with E-state index < -0.39 is 0 Å². The summed E-state index contributed by atoms with van der Waals surface area (Å²) in [6, 6.07) is 11.3. The van der Waals surface area contributed by atoms with Crippen molar-refractivity contribution in [2.45, 2.75) is 20.1 Å². The number of amides is 1. The highest BCUT2D eigenvalue weighted by atomic mass is 32.1. The van der Waals surface area contributed by atoms with E-state index in [1.165, 1.54) is 11.3 Å². The van der Waals surface area contributed by atoms with Crippen molar-refractivity contribution in [3.8, 4) is 11.5 Å². The van der Waals surface area contributed by atoms with E-state index in [-0.39, 0.29) is 12.5 Å². The summed E-state index contributed by atoms with van der Waals surface area (Å²) in [5, 5.41) is 5.25. The van der Waals surface area contributed by atoms with Gasteiger partial charge in [0.05, 0.1) is 19.3 Å². The van der Waals surface area contributed by atoms with E-state index in [0.29, 0.717) is 23.7 Å². The Morgan fingerprint density at radius 3 is 2.88 bits per heavy atom. The van der Waals surface area contributed by atoms with Gasteiger partial charge < -0.3 is 14.8 Å². The van der Waals surface area contributed by atoms with Crippen molar-refractivity contribution in [2.24, 2.45) is 0 Å². The van der Waals surface area contributed by atoms with Crippen molar-refractivity contribution in [3.05, 3.63) is 69.9 Å². The van der Waals surface area contributed by atoms with Crippen molar-refractivity contribution in [1.29, 1.82) is 0 Å². The van der Waals surface area contributed by atoms with E-state index in [4.69, 9.17) is 9.47 Å². The van der Waals surface area contributed by atoms with Gasteiger partial charge in [-0.25, -0.2) is 4.98 Å². The molecule has 0 spiro atoms. The quantitative estimate of drug-likeness (QED) is 0.691. The Kier molecular flexibility index (Phi) is 5.80. The zero-order valence-electron chi connectivity index (χ0n) is 14.6. The monoisotopic (exact) mass is 369 g/mol. The molecule has 0 bridgehead atoms. The number of benzene rings is 1. The Labute approximate surface area is 155 Å². The molecule has 2 aromatic heterocycles. The summed E-state index contributed by atoms with van der Waals surface area (Å²) in [5.41, 5.74) is 2.27. The number of aryl methyl sites for hydroxylation is 1. The molecule has 3 aromatic rings. The molecule has 0 atom stereocenters. The Morgan fingerprint density at radius 1 is 1.23 bits per heavy atom. The summed E-state index contributed by atoms with van der Waals surface area (Å²) in [6.07, 6.45) is 1.69. The molecule has 3 rings (SSSR count). The zero-order chi connectivity index (χ0) is 18.4. The van der Waals surface area contributed by atoms with E-state index in [1.54, 1.807) is 18.7 Å². The topological polar surface area (TPSA) is 73.3 Å². The van der Waals surface area contributed by atoms with Crippen LogP contribution in [0.25, 0.3) is 0 Å². The van der Waals surface area contributed by atoms with Crippen molar-refractivity contribution in [2.75, 3.05) is 7.11 Å². The molecule has 26 heavy (non-hydrogen) atoms. The zero-order valence-corrected chi connectivity index (χ0v) is 15.4. The van der Waals surface area contributed by atoms with Gasteiger partial charge in [-0.3, -0.25) is 9.78 Å². The van der Waals surface area contributed by atoms with Gasteiger partial charge in [-0.05, 0) is 36.8 Å². The number of nitrogens with one attached hydrogen (secondary N) is 1. The second-order valence-corrected chi connectivity index (χ2v) is 6.52. The highest BCUT2D eigenvalue weighted by Crippen LogP contribution is 2.28. The van der Waals surface area contributed by atoms with Crippen LogP contribution in [-0.4, -0.2) is 23.0 Å². The number of nitrogens with zero attached hydrogens (tertiary/aromatic N) is 2. The van der Waals surface area contributed by atoms with Gasteiger partial charge in [-0.15, -0.1) is 11.3 Å². The van der Waals surface area contributed by atoms with Crippen LogP contribution < -0.4 is 14.8 Å². The first-order valence-corrected chi connectivity index (χ1v) is 8.93. The first-order chi connectivity index (χ1) is 12.7. The van der Waals surface area contributed by atoms with E-state index in [2.05, 4.69) is 15.3 Å². The average molecular weight is 369 g/mol. The molecule has 7 heteroatoms. The van der Waals surface area contributed by atoms with Gasteiger partial charge in [0.1, 0.15) is 17.3 Å². The largest absolute Gasteiger partial charge is 0.493 e. The van der Waals surface area contributed by atoms with Gasteiger partial charge in [0, 0.05) is 11.6 Å². The minimum absolute atomic E-state index is 0.230. The fourth-order valence-electron chi connectivity index (χ4n) is 2.28. The summed E-state index contributed by atoms with van der Waals surface area (Å²) < 4.78 is 11.1. The summed E-state index contributed by atoms with van der Waals surface area (Å²) in [6.45, 7) is 2.63. The number of rotatable bonds is 7. The van der Waals surface area contributed by atoms with Crippen molar-refractivity contribution in [3.63, 3.8) is 0 Å². The van der Waals surface area contributed by atoms with Crippen molar-refractivity contribution in [1.82, 2.24) is 15.3 Å². The third-order valence-electron chi connectivity index (χ3n) is 3.61. The van der Waals surface area contributed by atoms with Crippen LogP contribution >= 0.6 is 11.3 Å². The highest BCUT2D eigenvalue weighted by Gasteiger charge is 2.12. The molecule has 0 saturated carbocycles. The predicted molar refractivity (Wildman–Crippen MR) is 99.6 cm³/mol. The molecule has 0 unspecified atom stereocenters. The maximum absolute atomic E-state index is 12.2. The van der Waals surface area contributed by atoms with Gasteiger partial charge in [0.25, 0.3) is 5.91 Å². The van der Waals surface area contributed by atoms with E-state index in [1.807, 2.05) is 43.3 Å². The average Bonchev–Trinajstić information content (AvgIpc) is 3.15. The van der Waals surface area contributed by atoms with Crippen LogP contribution in [0.3, 0.4) is 0 Å². The molecular formula is C19H19N3O3S. The van der Waals surface area contributed by atoms with Crippen LogP contribution in [0.4, 0.5) is 0 Å². The molecule has 2 heterocycles. The number of ether oxygens (including phenoxy) is 2. The molecule has 0 aliphatic heterocycles. The number of carbonyl (C=O) groups excluding carboxylic acids is 1. The van der Waals surface area contributed by atoms with Crippen molar-refractivity contribution >= 4 is 17.2 Å². The standard InChI is InChI=1S/C19H19N3O3S/c1-13-6-7-16(17(9-13)24-2)25-11-18-22-15(12-26-18)19(23)21-10-14-5-3-4-8-20-14/h3-9,12H,10-11H2,1-2H3,(H,21,23). The van der Waals surface area contributed by atoms with E-state index >= 15 is 0 Å². The van der Waals surface area contributed by atoms with Crippen molar-refractivity contribution < 1.29 is 14.3 Å². The lowest BCUT2D eigenvalue weighted by molar-refractivity contribution is 0.0945. The normalized spacial score (nSPS) is 10.4. The van der Waals surface area contributed by atoms with Crippen LogP contribution in [0.2, 0.25) is 0 Å². The molecule has 0 aliphatic rings. The van der Waals surface area contributed by atoms with Crippen LogP contribution in [-0.2, 0) is 13.2 Å². The van der Waals surface area contributed by atoms with Gasteiger partial charge in [-0.1, -0.05) is 12.1 Å². The van der Waals surface area contributed by atoms with E-state index in [9.17, 15) is 4.79 Å². The third-order valence-corrected chi connectivity index (χ3v) is 4.43. The SMILES string of the molecule is COc1cc(C)ccc1OCc1nc(C(=O)NCc2ccccn2)cs1. The molecular weight excluding hydrogens is 350 g/mol. The van der Waals surface area contributed by atoms with Crippen LogP contribution in [0.5, 0.6) is 11.5 Å². The first-order valence-electron chi connectivity index (χ1n) is 8.05. The molecule has 0 aliphatic carbocycles. The maximum Gasteiger partial charge on any atom is 0.271 e. The minimum atomic E-state index is -0.230. The van der Waals surface area contributed by atoms with Gasteiger partial charge in [0.15, 0.2) is 11.5 Å². The molecule has 1 N–H and O–H groups in total. The molecule has 6 nitrogen and oxygen atoms in total. The fourth-order valence-corrected chi connectivity index (χ4v) is 2.96. The lowest BCUT2D eigenvalue weighted by Gasteiger charge is -2.10. The molecule has 1 aromatic carbocycles. The number of thiazole rings is 1. The summed E-state index contributed by atoms with van der Waals surface area (Å²) in [5.74, 6) is 1.09. The second-order valence-electron chi connectivity index (χ2n) is 5.57. The molecule has 134 valence electrons. The summed E-state index contributed by atoms with van der Waals surface area (Å²) >= 11 is 1.38. The van der Waals surface area contributed by atoms with Crippen LogP contribution in [0.1, 0.15) is 26.8 Å². The molecule has 0 radical (unpaired) electrons. The third kappa shape index (κ3) is 4.58. The van der Waals surface area contributed by atoms with Crippen LogP contribution in [0.15, 0.2) is 48.0 Å². The number of hydrogen-bond acceptors (Lipinski definition) is 6. The Balaban J connectivity index is 1.57. The van der Waals surface area contributed by atoms with Gasteiger partial charge >= 0.3 is 0 Å². The van der Waals surface area contributed by atoms with Gasteiger partial charge in [-0.2, -0.15) is 0 Å². The summed E-state index contributed by atoms with van der Waals surface area (Å²) in [4.78, 5) is 20.7. The maximum atomic E-state index is 12.2. The number of pyridine rings is 1. The van der Waals surface area contributed by atoms with E-state index in [0.717, 1.165) is 16.3 Å². The smallest absolute Gasteiger partial charge is 0.271 e. The Bertz CT molecular complexity index is 881. The number of aromatic nitrogens is 2. The Hall–Kier alpha value is -2.93. The van der Waals surface area contributed by atoms with Crippen LogP contribution in [0, 0.1) is 6.92 Å². The molecule has 0 saturated heterocycles.